The molecule has 0 bridgehead atoms. The Kier molecular flexibility index (Phi) is 10.1. The molecule has 0 radical (unpaired) electrons. The number of amides is 2. The minimum absolute atomic E-state index is 0.0493. The van der Waals surface area contributed by atoms with Crippen LogP contribution in [-0.4, -0.2) is 57.4 Å². The van der Waals surface area contributed by atoms with E-state index < -0.39 is 28.5 Å². The number of para-hydroxylation sites is 2. The molecule has 3 aromatic carbocycles. The first-order valence-corrected chi connectivity index (χ1v) is 14.3. The van der Waals surface area contributed by atoms with Gasteiger partial charge >= 0.3 is 0 Å². The smallest absolute Gasteiger partial charge is 0.264 e. The van der Waals surface area contributed by atoms with Crippen molar-refractivity contribution in [1.82, 2.24) is 10.2 Å². The van der Waals surface area contributed by atoms with Gasteiger partial charge in [-0.05, 0) is 63.9 Å². The third-order valence-corrected chi connectivity index (χ3v) is 8.10. The van der Waals surface area contributed by atoms with Crippen LogP contribution in [0.4, 0.5) is 5.69 Å². The van der Waals surface area contributed by atoms with Crippen LogP contribution in [0, 0.1) is 6.92 Å². The quantitative estimate of drug-likeness (QED) is 0.364. The Hall–Kier alpha value is -3.85. The summed E-state index contributed by atoms with van der Waals surface area (Å²) in [6.07, 6.45) is 0.505. The lowest BCUT2D eigenvalue weighted by Crippen LogP contribution is -2.53. The van der Waals surface area contributed by atoms with Gasteiger partial charge in [-0.1, -0.05) is 60.2 Å². The number of benzene rings is 3. The summed E-state index contributed by atoms with van der Waals surface area (Å²) in [5, 5.41) is 2.86. The molecule has 3 aromatic rings. The highest BCUT2D eigenvalue weighted by atomic mass is 32.2. The topological polar surface area (TPSA) is 96.0 Å². The summed E-state index contributed by atoms with van der Waals surface area (Å²) in [5.74, 6) is -0.502. The first-order valence-electron chi connectivity index (χ1n) is 12.9. The van der Waals surface area contributed by atoms with Crippen LogP contribution in [0.1, 0.15) is 31.9 Å². The predicted molar refractivity (Wildman–Crippen MR) is 153 cm³/mol. The van der Waals surface area contributed by atoms with Crippen LogP contribution in [0.15, 0.2) is 83.8 Å². The summed E-state index contributed by atoms with van der Waals surface area (Å²) in [7, 11) is -2.71. The van der Waals surface area contributed by atoms with E-state index in [-0.39, 0.29) is 29.1 Å². The second-order valence-corrected chi connectivity index (χ2v) is 11.5. The summed E-state index contributed by atoms with van der Waals surface area (Å²) < 4.78 is 34.4. The number of ether oxygens (including phenoxy) is 1. The fourth-order valence-corrected chi connectivity index (χ4v) is 5.59. The van der Waals surface area contributed by atoms with Crippen molar-refractivity contribution < 1.29 is 22.7 Å². The van der Waals surface area contributed by atoms with Gasteiger partial charge in [-0.15, -0.1) is 0 Å². The van der Waals surface area contributed by atoms with Gasteiger partial charge in [0.25, 0.3) is 10.0 Å². The number of sulfonamides is 1. The fraction of sp³-hybridized carbons (Fsp3) is 0.333. The Morgan fingerprint density at radius 2 is 1.51 bits per heavy atom. The zero-order valence-electron chi connectivity index (χ0n) is 23.1. The second kappa shape index (κ2) is 13.3. The first-order chi connectivity index (χ1) is 18.5. The molecular formula is C30H37N3O5S. The van der Waals surface area contributed by atoms with Gasteiger partial charge in [-0.2, -0.15) is 0 Å². The highest BCUT2D eigenvalue weighted by Crippen LogP contribution is 2.32. The average Bonchev–Trinajstić information content (AvgIpc) is 2.92. The van der Waals surface area contributed by atoms with Crippen LogP contribution in [0.25, 0.3) is 0 Å². The highest BCUT2D eigenvalue weighted by Gasteiger charge is 2.33. The van der Waals surface area contributed by atoms with Gasteiger partial charge in [0.2, 0.25) is 11.8 Å². The molecule has 0 aliphatic carbocycles. The van der Waals surface area contributed by atoms with E-state index in [2.05, 4.69) is 5.32 Å². The summed E-state index contributed by atoms with van der Waals surface area (Å²) >= 11 is 0. The Morgan fingerprint density at radius 3 is 2.13 bits per heavy atom. The van der Waals surface area contributed by atoms with Crippen LogP contribution in [0.2, 0.25) is 0 Å². The molecule has 0 spiro atoms. The summed E-state index contributed by atoms with van der Waals surface area (Å²) in [6.45, 7) is 6.94. The van der Waals surface area contributed by atoms with Gasteiger partial charge in [0, 0.05) is 12.6 Å². The van der Waals surface area contributed by atoms with Gasteiger partial charge in [-0.3, -0.25) is 13.9 Å². The lowest BCUT2D eigenvalue weighted by atomic mass is 10.1. The van der Waals surface area contributed by atoms with Crippen molar-refractivity contribution in [2.45, 2.75) is 51.1 Å². The van der Waals surface area contributed by atoms with Crippen molar-refractivity contribution >= 4 is 27.5 Å². The molecule has 3 rings (SSSR count). The van der Waals surface area contributed by atoms with Crippen molar-refractivity contribution in [2.24, 2.45) is 0 Å². The van der Waals surface area contributed by atoms with Gasteiger partial charge in [0.15, 0.2) is 0 Å². The van der Waals surface area contributed by atoms with Crippen LogP contribution < -0.4 is 14.4 Å². The van der Waals surface area contributed by atoms with E-state index in [1.165, 1.54) is 24.1 Å². The number of methoxy groups -OCH3 is 1. The number of aryl methyl sites for hydroxylation is 1. The number of carbonyl (C=O) groups is 2. The lowest BCUT2D eigenvalue weighted by Gasteiger charge is -2.32. The van der Waals surface area contributed by atoms with Crippen LogP contribution in [-0.2, 0) is 26.0 Å². The largest absolute Gasteiger partial charge is 0.495 e. The van der Waals surface area contributed by atoms with Gasteiger partial charge in [-0.25, -0.2) is 8.42 Å². The number of anilines is 1. The molecule has 0 fully saturated rings. The van der Waals surface area contributed by atoms with Crippen molar-refractivity contribution in [2.75, 3.05) is 24.5 Å². The SMILES string of the molecule is COc1ccccc1N(CC(=O)N(CCc1ccccc1)[C@H](C)C(=O)NC(C)C)S(=O)(=O)c1ccc(C)cc1. The Balaban J connectivity index is 2.01. The zero-order chi connectivity index (χ0) is 28.6. The second-order valence-electron chi connectivity index (χ2n) is 9.66. The molecule has 1 N–H and O–H groups in total. The monoisotopic (exact) mass is 551 g/mol. The minimum Gasteiger partial charge on any atom is -0.495 e. The molecule has 8 nitrogen and oxygen atoms in total. The molecule has 0 aliphatic heterocycles. The average molecular weight is 552 g/mol. The molecule has 208 valence electrons. The van der Waals surface area contributed by atoms with E-state index in [0.29, 0.717) is 12.2 Å². The molecule has 0 saturated heterocycles. The van der Waals surface area contributed by atoms with Crippen molar-refractivity contribution in [3.05, 3.63) is 90.0 Å². The van der Waals surface area contributed by atoms with E-state index >= 15 is 0 Å². The Labute approximate surface area is 231 Å². The third-order valence-electron chi connectivity index (χ3n) is 6.32. The molecule has 0 aromatic heterocycles. The normalized spacial score (nSPS) is 12.1. The molecule has 0 unspecified atom stereocenters. The number of nitrogens with one attached hydrogen (secondary N) is 1. The minimum atomic E-state index is -4.16. The number of hydrogen-bond acceptors (Lipinski definition) is 5. The van der Waals surface area contributed by atoms with E-state index in [9.17, 15) is 18.0 Å². The third kappa shape index (κ3) is 7.60. The van der Waals surface area contributed by atoms with Gasteiger partial charge in [0.05, 0.1) is 17.7 Å². The van der Waals surface area contributed by atoms with Crippen molar-refractivity contribution in [1.29, 1.82) is 0 Å². The zero-order valence-corrected chi connectivity index (χ0v) is 23.9. The van der Waals surface area contributed by atoms with Crippen molar-refractivity contribution in [3.63, 3.8) is 0 Å². The molecule has 2 amide bonds. The molecule has 0 heterocycles. The molecule has 9 heteroatoms. The maximum Gasteiger partial charge on any atom is 0.264 e. The molecule has 0 saturated carbocycles. The van der Waals surface area contributed by atoms with Gasteiger partial charge < -0.3 is 15.0 Å². The van der Waals surface area contributed by atoms with Crippen molar-refractivity contribution in [3.8, 4) is 5.75 Å². The van der Waals surface area contributed by atoms with Gasteiger partial charge in [0.1, 0.15) is 18.3 Å². The number of nitrogens with zero attached hydrogens (tertiary/aromatic N) is 2. The molecule has 39 heavy (non-hydrogen) atoms. The number of rotatable bonds is 12. The number of hydrogen-bond donors (Lipinski definition) is 1. The Bertz CT molecular complexity index is 1360. The standard InChI is InChI=1S/C30H37N3O5S/c1-22(2)31-30(35)24(4)32(20-19-25-11-7-6-8-12-25)29(34)21-33(27-13-9-10-14-28(27)38-5)39(36,37)26-17-15-23(3)16-18-26/h6-18,22,24H,19-21H2,1-5H3,(H,31,35)/t24-/m1/s1. The molecular weight excluding hydrogens is 514 g/mol. The summed E-state index contributed by atoms with van der Waals surface area (Å²) in [4.78, 5) is 28.4. The first kappa shape index (κ1) is 29.7. The summed E-state index contributed by atoms with van der Waals surface area (Å²) in [6, 6.07) is 21.8. The highest BCUT2D eigenvalue weighted by molar-refractivity contribution is 7.92. The fourth-order valence-electron chi connectivity index (χ4n) is 4.16. The van der Waals surface area contributed by atoms with E-state index in [1.807, 2.05) is 51.1 Å². The summed E-state index contributed by atoms with van der Waals surface area (Å²) in [5.41, 5.74) is 2.14. The van der Waals surface area contributed by atoms with Crippen LogP contribution in [0.3, 0.4) is 0 Å². The van der Waals surface area contributed by atoms with Crippen LogP contribution in [0.5, 0.6) is 5.75 Å². The molecule has 0 aliphatic rings. The maximum atomic E-state index is 13.9. The number of carbonyl (C=O) groups excluding carboxylic acids is 2. The van der Waals surface area contributed by atoms with E-state index in [4.69, 9.17) is 4.74 Å². The molecule has 1 atom stereocenters. The van der Waals surface area contributed by atoms with E-state index in [1.54, 1.807) is 43.3 Å². The predicted octanol–water partition coefficient (Wildman–Crippen LogP) is 4.18. The van der Waals surface area contributed by atoms with Crippen LogP contribution >= 0.6 is 0 Å². The van der Waals surface area contributed by atoms with E-state index in [0.717, 1.165) is 15.4 Å². The lowest BCUT2D eigenvalue weighted by molar-refractivity contribution is -0.139. The maximum absolute atomic E-state index is 13.9. The Morgan fingerprint density at radius 1 is 0.897 bits per heavy atom.